The molecule has 2 bridgehead atoms. The Morgan fingerprint density at radius 2 is 1.72 bits per heavy atom. The molecule has 2 heteroatoms. The number of hydrogen-bond donors (Lipinski definition) is 0. The van der Waals surface area contributed by atoms with E-state index in [1.807, 2.05) is 0 Å². The first kappa shape index (κ1) is 11.5. The Kier molecular flexibility index (Phi) is 2.77. The molecule has 0 spiro atoms. The molecule has 0 aromatic heterocycles. The van der Waals surface area contributed by atoms with Gasteiger partial charge in [-0.3, -0.25) is 0 Å². The molecule has 2 heterocycles. The van der Waals surface area contributed by atoms with Crippen LogP contribution >= 0.6 is 0 Å². The molecule has 1 saturated carbocycles. The van der Waals surface area contributed by atoms with E-state index < -0.39 is 0 Å². The molecular formula is C16H27N2+. The molecule has 18 heavy (non-hydrogen) atoms. The molecule has 0 N–H and O–H groups in total. The summed E-state index contributed by atoms with van der Waals surface area (Å²) in [6.07, 6.45) is 13.8. The van der Waals surface area contributed by atoms with E-state index in [0.717, 1.165) is 17.8 Å². The van der Waals surface area contributed by atoms with E-state index in [0.29, 0.717) is 0 Å². The molecule has 2 aliphatic carbocycles. The van der Waals surface area contributed by atoms with Crippen LogP contribution in [-0.2, 0) is 0 Å². The van der Waals surface area contributed by atoms with Crippen LogP contribution in [0.15, 0.2) is 12.2 Å². The molecule has 2 aliphatic heterocycles. The van der Waals surface area contributed by atoms with Crippen LogP contribution in [-0.4, -0.2) is 42.3 Å². The molecular weight excluding hydrogens is 220 g/mol. The molecule has 3 fully saturated rings. The van der Waals surface area contributed by atoms with Crippen molar-refractivity contribution in [1.82, 2.24) is 5.01 Å². The van der Waals surface area contributed by atoms with Gasteiger partial charge in [0.05, 0.1) is 19.6 Å². The van der Waals surface area contributed by atoms with Crippen LogP contribution in [0, 0.1) is 17.8 Å². The van der Waals surface area contributed by atoms with Crippen molar-refractivity contribution in [2.24, 2.45) is 17.8 Å². The van der Waals surface area contributed by atoms with Gasteiger partial charge in [0.2, 0.25) is 0 Å². The van der Waals surface area contributed by atoms with E-state index in [-0.39, 0.29) is 0 Å². The van der Waals surface area contributed by atoms with Gasteiger partial charge in [0, 0.05) is 19.0 Å². The highest BCUT2D eigenvalue weighted by Crippen LogP contribution is 2.45. The van der Waals surface area contributed by atoms with Crippen molar-refractivity contribution in [3.63, 3.8) is 0 Å². The van der Waals surface area contributed by atoms with Crippen LogP contribution in [0.5, 0.6) is 0 Å². The zero-order valence-electron chi connectivity index (χ0n) is 11.6. The number of quaternary nitrogens is 1. The minimum absolute atomic E-state index is 0.938. The van der Waals surface area contributed by atoms with Crippen molar-refractivity contribution >= 4 is 0 Å². The molecule has 4 aliphatic rings. The molecule has 0 amide bonds. The fraction of sp³-hybridized carbons (Fsp3) is 0.875. The van der Waals surface area contributed by atoms with Gasteiger partial charge in [0.1, 0.15) is 0 Å². The second-order valence-electron chi connectivity index (χ2n) is 7.13. The van der Waals surface area contributed by atoms with Gasteiger partial charge in [-0.2, -0.15) is 5.01 Å². The third kappa shape index (κ3) is 1.77. The van der Waals surface area contributed by atoms with Gasteiger partial charge in [-0.05, 0) is 50.4 Å². The molecule has 0 radical (unpaired) electrons. The zero-order chi connectivity index (χ0) is 12.0. The lowest BCUT2D eigenvalue weighted by Gasteiger charge is -2.52. The monoisotopic (exact) mass is 247 g/mol. The average Bonchev–Trinajstić information content (AvgIpc) is 3.00. The van der Waals surface area contributed by atoms with Crippen LogP contribution in [0.4, 0.5) is 0 Å². The van der Waals surface area contributed by atoms with Gasteiger partial charge in [0.25, 0.3) is 0 Å². The summed E-state index contributed by atoms with van der Waals surface area (Å²) in [5, 5.41) is 2.84. The highest BCUT2D eigenvalue weighted by Gasteiger charge is 2.46. The molecule has 2 nitrogen and oxygen atoms in total. The largest absolute Gasteiger partial charge is 0.243 e. The fourth-order valence-electron chi connectivity index (χ4n) is 5.17. The zero-order valence-corrected chi connectivity index (χ0v) is 11.6. The Bertz CT molecular complexity index is 337. The lowest BCUT2D eigenvalue weighted by Crippen LogP contribution is -2.67. The third-order valence-corrected chi connectivity index (χ3v) is 6.07. The second kappa shape index (κ2) is 4.35. The van der Waals surface area contributed by atoms with Gasteiger partial charge in [0.15, 0.2) is 0 Å². The standard InChI is InChI=1S/C16H27N2/c1-3-9-18(10-4-2-8-17(18)7-1)13-16-12-14-5-6-15(16)11-14/h5-6,14-16H,1-4,7-13H2/q+1/t14?,15?,16-/m0/s1. The summed E-state index contributed by atoms with van der Waals surface area (Å²) in [4.78, 5) is 0. The number of rotatable bonds is 2. The Morgan fingerprint density at radius 3 is 2.33 bits per heavy atom. The van der Waals surface area contributed by atoms with Crippen molar-refractivity contribution < 1.29 is 4.59 Å². The van der Waals surface area contributed by atoms with E-state index in [1.54, 1.807) is 0 Å². The van der Waals surface area contributed by atoms with Crippen molar-refractivity contribution in [2.75, 3.05) is 32.7 Å². The lowest BCUT2D eigenvalue weighted by molar-refractivity contribution is -1.05. The van der Waals surface area contributed by atoms with Gasteiger partial charge >= 0.3 is 0 Å². The van der Waals surface area contributed by atoms with Crippen molar-refractivity contribution in [2.45, 2.75) is 38.5 Å². The van der Waals surface area contributed by atoms with Crippen molar-refractivity contribution in [1.29, 1.82) is 0 Å². The van der Waals surface area contributed by atoms with Crippen LogP contribution in [0.1, 0.15) is 38.5 Å². The van der Waals surface area contributed by atoms with Gasteiger partial charge in [-0.25, -0.2) is 4.59 Å². The number of hydrogen-bond acceptors (Lipinski definition) is 1. The second-order valence-corrected chi connectivity index (χ2v) is 7.13. The highest BCUT2D eigenvalue weighted by molar-refractivity contribution is 5.10. The van der Waals surface area contributed by atoms with E-state index in [9.17, 15) is 0 Å². The molecule has 100 valence electrons. The molecule has 2 unspecified atom stereocenters. The summed E-state index contributed by atoms with van der Waals surface area (Å²) >= 11 is 0. The molecule has 4 rings (SSSR count). The SMILES string of the molecule is C1=CC2CC1C[C@H]2C[N+]12CCCCN1CCCC2. The Labute approximate surface area is 111 Å². The summed E-state index contributed by atoms with van der Waals surface area (Å²) in [6, 6.07) is 0. The summed E-state index contributed by atoms with van der Waals surface area (Å²) in [7, 11) is 0. The maximum Gasteiger partial charge on any atom is 0.0998 e. The van der Waals surface area contributed by atoms with E-state index in [1.165, 1.54) is 75.8 Å². The molecule has 0 aromatic rings. The van der Waals surface area contributed by atoms with Gasteiger partial charge < -0.3 is 0 Å². The maximum absolute atomic E-state index is 2.84. The predicted octanol–water partition coefficient (Wildman–Crippen LogP) is 2.82. The van der Waals surface area contributed by atoms with E-state index in [4.69, 9.17) is 0 Å². The summed E-state index contributed by atoms with van der Waals surface area (Å²) in [6.45, 7) is 7.09. The minimum atomic E-state index is 0.938. The van der Waals surface area contributed by atoms with Crippen LogP contribution in [0.3, 0.4) is 0 Å². The highest BCUT2D eigenvalue weighted by atomic mass is 15.8. The summed E-state index contributed by atoms with van der Waals surface area (Å²) in [5.41, 5.74) is 0. The third-order valence-electron chi connectivity index (χ3n) is 6.07. The fourth-order valence-corrected chi connectivity index (χ4v) is 5.17. The van der Waals surface area contributed by atoms with Crippen LogP contribution in [0.2, 0.25) is 0 Å². The van der Waals surface area contributed by atoms with E-state index >= 15 is 0 Å². The topological polar surface area (TPSA) is 3.24 Å². The van der Waals surface area contributed by atoms with Gasteiger partial charge in [-0.1, -0.05) is 12.2 Å². The first-order valence-corrected chi connectivity index (χ1v) is 8.16. The summed E-state index contributed by atoms with van der Waals surface area (Å²) in [5.74, 6) is 2.88. The van der Waals surface area contributed by atoms with Crippen LogP contribution < -0.4 is 0 Å². The predicted molar refractivity (Wildman–Crippen MR) is 73.7 cm³/mol. The number of fused-ring (bicyclic) bond motifs is 3. The van der Waals surface area contributed by atoms with E-state index in [2.05, 4.69) is 17.2 Å². The lowest BCUT2D eigenvalue weighted by atomic mass is 9.91. The number of nitrogens with zero attached hydrogens (tertiary/aromatic N) is 2. The van der Waals surface area contributed by atoms with Crippen LogP contribution in [0.25, 0.3) is 0 Å². The number of allylic oxidation sites excluding steroid dienone is 2. The normalized spacial score (nSPS) is 42.1. The van der Waals surface area contributed by atoms with Gasteiger partial charge in [-0.15, -0.1) is 0 Å². The first-order chi connectivity index (χ1) is 8.86. The van der Waals surface area contributed by atoms with Crippen molar-refractivity contribution in [3.8, 4) is 0 Å². The summed E-state index contributed by atoms with van der Waals surface area (Å²) < 4.78 is 1.38. The minimum Gasteiger partial charge on any atom is -0.243 e. The average molecular weight is 247 g/mol. The van der Waals surface area contributed by atoms with Crippen molar-refractivity contribution in [3.05, 3.63) is 12.2 Å². The smallest absolute Gasteiger partial charge is 0.0998 e. The Hall–Kier alpha value is -0.340. The Balaban J connectivity index is 1.52. The maximum atomic E-state index is 2.84. The molecule has 0 aromatic carbocycles. The quantitative estimate of drug-likeness (QED) is 0.536. The molecule has 3 atom stereocenters. The Morgan fingerprint density at radius 1 is 0.944 bits per heavy atom. The molecule has 2 saturated heterocycles. The first-order valence-electron chi connectivity index (χ1n) is 8.16.